The van der Waals surface area contributed by atoms with Crippen LogP contribution in [0.15, 0.2) is 36.5 Å². The third kappa shape index (κ3) is 5.22. The first-order chi connectivity index (χ1) is 10.9. The predicted octanol–water partition coefficient (Wildman–Crippen LogP) is 1.25. The molecule has 0 atom stereocenters. The highest BCUT2D eigenvalue weighted by Crippen LogP contribution is 2.21. The lowest BCUT2D eigenvalue weighted by molar-refractivity contribution is -0.116. The number of nitrogens with zero attached hydrogens (tertiary/aromatic N) is 1. The Hall–Kier alpha value is -2.12. The van der Waals surface area contributed by atoms with Gasteiger partial charge in [-0.3, -0.25) is 4.79 Å². The quantitative estimate of drug-likeness (QED) is 0.590. The second-order valence-corrected chi connectivity index (χ2v) is 7.19. The monoisotopic (exact) mass is 335 g/mol. The van der Waals surface area contributed by atoms with E-state index in [-0.39, 0.29) is 5.91 Å². The van der Waals surface area contributed by atoms with E-state index in [0.29, 0.717) is 19.5 Å². The molecule has 0 aliphatic carbocycles. The maximum Gasteiger partial charge on any atom is 0.244 e. The Morgan fingerprint density at radius 3 is 2.74 bits per heavy atom. The molecule has 0 aliphatic rings. The summed E-state index contributed by atoms with van der Waals surface area (Å²) in [4.78, 5) is 11.8. The summed E-state index contributed by atoms with van der Waals surface area (Å²) >= 11 is 0. The van der Waals surface area contributed by atoms with Crippen LogP contribution in [0.1, 0.15) is 12.0 Å². The molecule has 0 radical (unpaired) electrons. The van der Waals surface area contributed by atoms with Crippen molar-refractivity contribution < 1.29 is 13.2 Å². The molecule has 1 aromatic heterocycles. The molecule has 0 saturated carbocycles. The molecule has 0 unspecified atom stereocenters. The van der Waals surface area contributed by atoms with Crippen LogP contribution in [0.2, 0.25) is 0 Å². The van der Waals surface area contributed by atoms with E-state index in [0.717, 1.165) is 22.7 Å². The molecule has 124 valence electrons. The van der Waals surface area contributed by atoms with Gasteiger partial charge in [0.15, 0.2) is 0 Å². The highest BCUT2D eigenvalue weighted by atomic mass is 32.2. The largest absolute Gasteiger partial charge is 0.353 e. The Bertz CT molecular complexity index is 822. The summed E-state index contributed by atoms with van der Waals surface area (Å²) in [5.74, 6) is -0.197. The van der Waals surface area contributed by atoms with Crippen molar-refractivity contribution in [1.29, 1.82) is 0 Å². The second-order valence-electron chi connectivity index (χ2n) is 5.36. The van der Waals surface area contributed by atoms with Gasteiger partial charge in [-0.15, -0.1) is 0 Å². The summed E-state index contributed by atoms with van der Waals surface area (Å²) < 4.78 is 26.2. The first-order valence-corrected chi connectivity index (χ1v) is 9.20. The van der Waals surface area contributed by atoms with Crippen molar-refractivity contribution in [3.8, 4) is 0 Å². The molecule has 2 aromatic rings. The first kappa shape index (κ1) is 17.2. The summed E-state index contributed by atoms with van der Waals surface area (Å²) in [6.45, 7) is 0.730. The van der Waals surface area contributed by atoms with Gasteiger partial charge in [0.2, 0.25) is 15.9 Å². The normalized spacial score (nSPS) is 12.1. The van der Waals surface area contributed by atoms with Crippen LogP contribution in [-0.2, 0) is 21.9 Å². The van der Waals surface area contributed by atoms with E-state index in [1.54, 1.807) is 6.08 Å². The van der Waals surface area contributed by atoms with Crippen LogP contribution in [-0.4, -0.2) is 38.2 Å². The molecule has 0 fully saturated rings. The third-order valence-electron chi connectivity index (χ3n) is 3.36. The van der Waals surface area contributed by atoms with Crippen LogP contribution in [0.25, 0.3) is 17.0 Å². The minimum Gasteiger partial charge on any atom is -0.353 e. The summed E-state index contributed by atoms with van der Waals surface area (Å²) in [5, 5.41) is 3.82. The van der Waals surface area contributed by atoms with Crippen LogP contribution >= 0.6 is 0 Å². The summed E-state index contributed by atoms with van der Waals surface area (Å²) in [5.41, 5.74) is 2.09. The minimum absolute atomic E-state index is 0.197. The molecule has 2 rings (SSSR count). The van der Waals surface area contributed by atoms with Gasteiger partial charge in [-0.25, -0.2) is 13.1 Å². The van der Waals surface area contributed by atoms with Crippen LogP contribution < -0.4 is 10.0 Å². The van der Waals surface area contributed by atoms with E-state index in [9.17, 15) is 13.2 Å². The molecule has 6 nitrogen and oxygen atoms in total. The van der Waals surface area contributed by atoms with Crippen molar-refractivity contribution >= 4 is 32.9 Å². The number of amides is 1. The van der Waals surface area contributed by atoms with E-state index >= 15 is 0 Å². The van der Waals surface area contributed by atoms with Crippen LogP contribution in [0.4, 0.5) is 0 Å². The van der Waals surface area contributed by atoms with E-state index < -0.39 is 10.0 Å². The maximum atomic E-state index is 11.8. The number of nitrogens with one attached hydrogen (secondary N) is 2. The van der Waals surface area contributed by atoms with Gasteiger partial charge in [0.1, 0.15) is 0 Å². The van der Waals surface area contributed by atoms with Crippen LogP contribution in [0.3, 0.4) is 0 Å². The standard InChI is InChI=1S/C16H21N3O3S/c1-19-12-13(14-6-3-4-7-15(14)19)8-9-16(20)17-10-5-11-18-23(2,21)22/h3-4,6-9,12,18H,5,10-11H2,1-2H3,(H,17,20). The van der Waals surface area contributed by atoms with Crippen LogP contribution in [0, 0.1) is 0 Å². The fourth-order valence-corrected chi connectivity index (χ4v) is 2.80. The molecule has 0 spiro atoms. The Balaban J connectivity index is 1.86. The lowest BCUT2D eigenvalue weighted by Crippen LogP contribution is -2.28. The topological polar surface area (TPSA) is 80.2 Å². The summed E-state index contributed by atoms with van der Waals surface area (Å²) in [6, 6.07) is 7.99. The third-order valence-corrected chi connectivity index (χ3v) is 4.09. The van der Waals surface area contributed by atoms with Crippen molar-refractivity contribution in [2.75, 3.05) is 19.3 Å². The Morgan fingerprint density at radius 2 is 2.00 bits per heavy atom. The number of aryl methyl sites for hydroxylation is 1. The number of rotatable bonds is 7. The zero-order chi connectivity index (χ0) is 16.9. The van der Waals surface area contributed by atoms with Crippen molar-refractivity contribution in [3.05, 3.63) is 42.1 Å². The van der Waals surface area contributed by atoms with Gasteiger partial charge in [-0.2, -0.15) is 0 Å². The average molecular weight is 335 g/mol. The molecule has 0 aliphatic heterocycles. The number of para-hydroxylation sites is 1. The lowest BCUT2D eigenvalue weighted by atomic mass is 10.1. The molecule has 0 bridgehead atoms. The zero-order valence-electron chi connectivity index (χ0n) is 13.2. The van der Waals surface area contributed by atoms with E-state index in [1.165, 1.54) is 6.08 Å². The molecule has 1 heterocycles. The summed E-state index contributed by atoms with van der Waals surface area (Å²) in [7, 11) is -1.20. The number of hydrogen-bond donors (Lipinski definition) is 2. The Kier molecular flexibility index (Phi) is 5.57. The van der Waals surface area contributed by atoms with E-state index in [2.05, 4.69) is 10.0 Å². The molecule has 0 saturated heterocycles. The van der Waals surface area contributed by atoms with Gasteiger partial charge in [0.05, 0.1) is 6.26 Å². The minimum atomic E-state index is -3.17. The van der Waals surface area contributed by atoms with Gasteiger partial charge >= 0.3 is 0 Å². The summed E-state index contributed by atoms with van der Waals surface area (Å²) in [6.07, 6.45) is 6.90. The van der Waals surface area contributed by atoms with E-state index in [4.69, 9.17) is 0 Å². The number of hydrogen-bond acceptors (Lipinski definition) is 3. The SMILES string of the molecule is Cn1cc(C=CC(=O)NCCCNS(C)(=O)=O)c2ccccc21. The molecular weight excluding hydrogens is 314 g/mol. The number of carbonyl (C=O) groups excluding carboxylic acids is 1. The van der Waals surface area contributed by atoms with Crippen molar-refractivity contribution in [2.24, 2.45) is 7.05 Å². The predicted molar refractivity (Wildman–Crippen MR) is 92.4 cm³/mol. The maximum absolute atomic E-state index is 11.8. The van der Waals surface area contributed by atoms with Gasteiger partial charge in [0, 0.05) is 48.9 Å². The number of sulfonamides is 1. The van der Waals surface area contributed by atoms with Gasteiger partial charge < -0.3 is 9.88 Å². The van der Waals surface area contributed by atoms with Crippen molar-refractivity contribution in [1.82, 2.24) is 14.6 Å². The zero-order valence-corrected chi connectivity index (χ0v) is 14.1. The highest BCUT2D eigenvalue weighted by molar-refractivity contribution is 7.88. The van der Waals surface area contributed by atoms with E-state index in [1.807, 2.05) is 42.1 Å². The molecule has 1 amide bonds. The Labute approximate surface area is 136 Å². The highest BCUT2D eigenvalue weighted by Gasteiger charge is 2.03. The molecule has 7 heteroatoms. The smallest absolute Gasteiger partial charge is 0.244 e. The van der Waals surface area contributed by atoms with Crippen molar-refractivity contribution in [3.63, 3.8) is 0 Å². The fourth-order valence-electron chi connectivity index (χ4n) is 2.29. The van der Waals surface area contributed by atoms with Gasteiger partial charge in [-0.1, -0.05) is 18.2 Å². The molecule has 1 aromatic carbocycles. The number of fused-ring (bicyclic) bond motifs is 1. The fraction of sp³-hybridized carbons (Fsp3) is 0.312. The molecule has 2 N–H and O–H groups in total. The molecule has 23 heavy (non-hydrogen) atoms. The Morgan fingerprint density at radius 1 is 1.26 bits per heavy atom. The number of aromatic nitrogens is 1. The van der Waals surface area contributed by atoms with Gasteiger partial charge in [-0.05, 0) is 18.6 Å². The number of carbonyl (C=O) groups is 1. The van der Waals surface area contributed by atoms with Gasteiger partial charge in [0.25, 0.3) is 0 Å². The lowest BCUT2D eigenvalue weighted by Gasteiger charge is -2.03. The average Bonchev–Trinajstić information content (AvgIpc) is 2.81. The molecular formula is C16H21N3O3S. The van der Waals surface area contributed by atoms with Crippen LogP contribution in [0.5, 0.6) is 0 Å². The number of benzene rings is 1. The second kappa shape index (κ2) is 7.43. The van der Waals surface area contributed by atoms with Crippen molar-refractivity contribution in [2.45, 2.75) is 6.42 Å². The first-order valence-electron chi connectivity index (χ1n) is 7.31.